The van der Waals surface area contributed by atoms with E-state index in [1.165, 1.54) is 19.9 Å². The van der Waals surface area contributed by atoms with Gasteiger partial charge in [0.15, 0.2) is 6.61 Å². The van der Waals surface area contributed by atoms with Crippen LogP contribution in [0.15, 0.2) is 18.2 Å². The Morgan fingerprint density at radius 3 is 2.58 bits per heavy atom. The molecule has 0 aliphatic rings. The largest absolute Gasteiger partial charge is 0.482 e. The van der Waals surface area contributed by atoms with Crippen molar-refractivity contribution in [2.24, 2.45) is 5.73 Å². The molecule has 0 saturated heterocycles. The van der Waals surface area contributed by atoms with Crippen LogP contribution in [-0.2, 0) is 9.59 Å². The molecule has 0 bridgehead atoms. The third-order valence-corrected chi connectivity index (χ3v) is 2.87. The lowest BCUT2D eigenvalue weighted by molar-refractivity contribution is -0.131. The summed E-state index contributed by atoms with van der Waals surface area (Å²) in [6, 6.07) is 4.66. The Balaban J connectivity index is 2.60. The number of benzene rings is 1. The Hall–Kier alpha value is -1.46. The molecule has 0 heterocycles. The lowest BCUT2D eigenvalue weighted by Crippen LogP contribution is -2.54. The first-order chi connectivity index (χ1) is 8.72. The molecule has 0 aliphatic carbocycles. The topological polar surface area (TPSA) is 81.4 Å². The summed E-state index contributed by atoms with van der Waals surface area (Å²) in [5.41, 5.74) is 4.00. The third-order valence-electron chi connectivity index (χ3n) is 2.32. The van der Waals surface area contributed by atoms with E-state index in [4.69, 9.17) is 33.7 Å². The second-order valence-electron chi connectivity index (χ2n) is 4.40. The van der Waals surface area contributed by atoms with Crippen LogP contribution >= 0.6 is 23.2 Å². The van der Waals surface area contributed by atoms with E-state index < -0.39 is 17.4 Å². The molecule has 5 nitrogen and oxygen atoms in total. The molecule has 0 unspecified atom stereocenters. The summed E-state index contributed by atoms with van der Waals surface area (Å²) in [7, 11) is 0. The van der Waals surface area contributed by atoms with Crippen LogP contribution in [0.2, 0.25) is 10.0 Å². The summed E-state index contributed by atoms with van der Waals surface area (Å²) in [5.74, 6) is -0.831. The van der Waals surface area contributed by atoms with E-state index in [0.717, 1.165) is 0 Å². The highest BCUT2D eigenvalue weighted by molar-refractivity contribution is 6.34. The Labute approximate surface area is 121 Å². The van der Waals surface area contributed by atoms with Gasteiger partial charge in [-0.2, -0.15) is 0 Å². The maximum absolute atomic E-state index is 11.6. The van der Waals surface area contributed by atoms with Gasteiger partial charge in [-0.1, -0.05) is 23.2 Å². The van der Waals surface area contributed by atoms with Crippen molar-refractivity contribution in [1.82, 2.24) is 5.32 Å². The van der Waals surface area contributed by atoms with Crippen molar-refractivity contribution in [2.75, 3.05) is 6.61 Å². The Bertz CT molecular complexity index is 504. The van der Waals surface area contributed by atoms with Crippen LogP contribution in [0, 0.1) is 0 Å². The summed E-state index contributed by atoms with van der Waals surface area (Å²) >= 11 is 11.7. The van der Waals surface area contributed by atoms with Crippen LogP contribution in [-0.4, -0.2) is 24.0 Å². The standard InChI is InChI=1S/C12H14Cl2N2O3/c1-12(2,11(15)18)16-10(17)6-19-9-5-7(13)3-4-8(9)14/h3-5H,6H2,1-2H3,(H2,15,18)(H,16,17). The van der Waals surface area contributed by atoms with Crippen molar-refractivity contribution >= 4 is 35.0 Å². The minimum absolute atomic E-state index is 0.293. The molecular formula is C12H14Cl2N2O3. The third kappa shape index (κ3) is 4.61. The first kappa shape index (κ1) is 15.6. The van der Waals surface area contributed by atoms with Gasteiger partial charge in [0, 0.05) is 11.1 Å². The predicted octanol–water partition coefficient (Wildman–Crippen LogP) is 1.75. The van der Waals surface area contributed by atoms with E-state index in [0.29, 0.717) is 15.8 Å². The van der Waals surface area contributed by atoms with Gasteiger partial charge >= 0.3 is 0 Å². The van der Waals surface area contributed by atoms with Crippen molar-refractivity contribution in [2.45, 2.75) is 19.4 Å². The summed E-state index contributed by atoms with van der Waals surface area (Å²) < 4.78 is 5.22. The van der Waals surface area contributed by atoms with Gasteiger partial charge in [0.2, 0.25) is 5.91 Å². The highest BCUT2D eigenvalue weighted by Crippen LogP contribution is 2.27. The smallest absolute Gasteiger partial charge is 0.258 e. The van der Waals surface area contributed by atoms with Gasteiger partial charge in [-0.05, 0) is 26.0 Å². The molecular weight excluding hydrogens is 291 g/mol. The predicted molar refractivity (Wildman–Crippen MR) is 73.4 cm³/mol. The van der Waals surface area contributed by atoms with E-state index in [1.54, 1.807) is 12.1 Å². The zero-order chi connectivity index (χ0) is 14.6. The second kappa shape index (κ2) is 6.12. The van der Waals surface area contributed by atoms with Crippen molar-refractivity contribution in [3.05, 3.63) is 28.2 Å². The molecule has 0 spiro atoms. The number of hydrogen-bond acceptors (Lipinski definition) is 3. The Kier molecular flexibility index (Phi) is 5.03. The van der Waals surface area contributed by atoms with Gasteiger partial charge < -0.3 is 15.8 Å². The van der Waals surface area contributed by atoms with Crippen molar-refractivity contribution in [3.63, 3.8) is 0 Å². The number of amides is 2. The maximum Gasteiger partial charge on any atom is 0.258 e. The van der Waals surface area contributed by atoms with E-state index in [-0.39, 0.29) is 6.61 Å². The van der Waals surface area contributed by atoms with E-state index >= 15 is 0 Å². The van der Waals surface area contributed by atoms with Gasteiger partial charge in [-0.25, -0.2) is 0 Å². The molecule has 3 N–H and O–H groups in total. The normalized spacial score (nSPS) is 10.9. The highest BCUT2D eigenvalue weighted by atomic mass is 35.5. The van der Waals surface area contributed by atoms with Crippen LogP contribution in [0.3, 0.4) is 0 Å². The lowest BCUT2D eigenvalue weighted by atomic mass is 10.1. The van der Waals surface area contributed by atoms with Crippen LogP contribution < -0.4 is 15.8 Å². The molecule has 0 aliphatic heterocycles. The fourth-order valence-corrected chi connectivity index (χ4v) is 1.51. The maximum atomic E-state index is 11.6. The second-order valence-corrected chi connectivity index (χ2v) is 5.24. The molecule has 0 atom stereocenters. The molecule has 0 radical (unpaired) electrons. The average Bonchev–Trinajstić information content (AvgIpc) is 2.29. The van der Waals surface area contributed by atoms with E-state index in [2.05, 4.69) is 5.32 Å². The minimum atomic E-state index is -1.14. The zero-order valence-electron chi connectivity index (χ0n) is 10.5. The number of nitrogens with two attached hydrogens (primary N) is 1. The number of carbonyl (C=O) groups excluding carboxylic acids is 2. The van der Waals surface area contributed by atoms with Crippen molar-refractivity contribution in [3.8, 4) is 5.75 Å². The molecule has 104 valence electrons. The molecule has 0 saturated carbocycles. The monoisotopic (exact) mass is 304 g/mol. The van der Waals surface area contributed by atoms with Crippen LogP contribution in [0.25, 0.3) is 0 Å². The summed E-state index contributed by atoms with van der Waals surface area (Å²) in [5, 5.41) is 3.23. The molecule has 7 heteroatoms. The van der Waals surface area contributed by atoms with Crippen LogP contribution in [0.4, 0.5) is 0 Å². The van der Waals surface area contributed by atoms with E-state index in [1.807, 2.05) is 0 Å². The number of halogens is 2. The SMILES string of the molecule is CC(C)(NC(=O)COc1cc(Cl)ccc1Cl)C(N)=O. The first-order valence-electron chi connectivity index (χ1n) is 5.41. The van der Waals surface area contributed by atoms with Gasteiger partial charge in [0.25, 0.3) is 5.91 Å². The fraction of sp³-hybridized carbons (Fsp3) is 0.333. The summed E-state index contributed by atoms with van der Waals surface area (Å²) in [6.45, 7) is 2.70. The average molecular weight is 305 g/mol. The number of nitrogens with one attached hydrogen (secondary N) is 1. The number of hydrogen-bond donors (Lipinski definition) is 2. The molecule has 1 aromatic rings. The first-order valence-corrected chi connectivity index (χ1v) is 6.17. The van der Waals surface area contributed by atoms with Crippen molar-refractivity contribution in [1.29, 1.82) is 0 Å². The number of rotatable bonds is 5. The summed E-state index contributed by atoms with van der Waals surface area (Å²) in [4.78, 5) is 22.7. The zero-order valence-corrected chi connectivity index (χ0v) is 12.0. The van der Waals surface area contributed by atoms with E-state index in [9.17, 15) is 9.59 Å². The van der Waals surface area contributed by atoms with Gasteiger partial charge in [0.1, 0.15) is 11.3 Å². The molecule has 0 aromatic heterocycles. The highest BCUT2D eigenvalue weighted by Gasteiger charge is 2.26. The van der Waals surface area contributed by atoms with Crippen LogP contribution in [0.1, 0.15) is 13.8 Å². The number of ether oxygens (including phenoxy) is 1. The Morgan fingerprint density at radius 1 is 1.37 bits per heavy atom. The minimum Gasteiger partial charge on any atom is -0.482 e. The molecule has 1 rings (SSSR count). The van der Waals surface area contributed by atoms with Crippen LogP contribution in [0.5, 0.6) is 5.75 Å². The quantitative estimate of drug-likeness (QED) is 0.869. The van der Waals surface area contributed by atoms with Gasteiger partial charge in [-0.3, -0.25) is 9.59 Å². The van der Waals surface area contributed by atoms with Gasteiger partial charge in [-0.15, -0.1) is 0 Å². The Morgan fingerprint density at radius 2 is 2.00 bits per heavy atom. The van der Waals surface area contributed by atoms with Crippen molar-refractivity contribution < 1.29 is 14.3 Å². The molecule has 19 heavy (non-hydrogen) atoms. The molecule has 1 aromatic carbocycles. The summed E-state index contributed by atoms with van der Waals surface area (Å²) in [6.07, 6.45) is 0. The fourth-order valence-electron chi connectivity index (χ4n) is 1.18. The van der Waals surface area contributed by atoms with Gasteiger partial charge in [0.05, 0.1) is 5.02 Å². The number of primary amides is 1. The number of carbonyl (C=O) groups is 2. The lowest BCUT2D eigenvalue weighted by Gasteiger charge is -2.22. The molecule has 0 fully saturated rings. The molecule has 2 amide bonds.